The Hall–Kier alpha value is -4.44. The van der Waals surface area contributed by atoms with Crippen LogP contribution in [0.2, 0.25) is 0 Å². The molecule has 0 radical (unpaired) electrons. The smallest absolute Gasteiger partial charge is 0.338 e. The van der Waals surface area contributed by atoms with Gasteiger partial charge in [0.25, 0.3) is 5.91 Å². The number of aryl methyl sites for hydroxylation is 1. The van der Waals surface area contributed by atoms with Gasteiger partial charge in [-0.2, -0.15) is 0 Å². The van der Waals surface area contributed by atoms with Crippen LogP contribution in [0.1, 0.15) is 38.5 Å². The topological polar surface area (TPSA) is 55.4 Å². The molecule has 4 aromatic rings. The zero-order valence-corrected chi connectivity index (χ0v) is 20.1. The summed E-state index contributed by atoms with van der Waals surface area (Å²) in [7, 11) is 0. The highest BCUT2D eigenvalue weighted by Crippen LogP contribution is 2.41. The highest BCUT2D eigenvalue weighted by atomic mass is 16.5. The highest BCUT2D eigenvalue weighted by molar-refractivity contribution is 6.00. The SMILES string of the molecule is Cc1cccc([C@H]2C=C(c3ccccc3)OC(=O)[C@@]2(Cc2ccccc2)NC(=O)c2ccccc2)c1. The van der Waals surface area contributed by atoms with Crippen molar-refractivity contribution in [3.8, 4) is 0 Å². The van der Waals surface area contributed by atoms with Gasteiger partial charge in [-0.3, -0.25) is 4.79 Å². The van der Waals surface area contributed by atoms with E-state index in [1.165, 1.54) is 0 Å². The largest absolute Gasteiger partial charge is 0.424 e. The molecule has 1 aliphatic heterocycles. The van der Waals surface area contributed by atoms with Crippen molar-refractivity contribution in [2.75, 3.05) is 0 Å². The number of rotatable bonds is 6. The predicted octanol–water partition coefficient (Wildman–Crippen LogP) is 6.09. The third kappa shape index (κ3) is 4.71. The third-order valence-electron chi connectivity index (χ3n) is 6.57. The number of carbonyl (C=O) groups is 2. The van der Waals surface area contributed by atoms with Crippen LogP contribution in [0.4, 0.5) is 0 Å². The number of benzene rings is 4. The molecule has 1 amide bonds. The van der Waals surface area contributed by atoms with Crippen molar-refractivity contribution < 1.29 is 14.3 Å². The van der Waals surface area contributed by atoms with Crippen molar-refractivity contribution in [3.05, 3.63) is 149 Å². The number of carbonyl (C=O) groups excluding carboxylic acids is 2. The van der Waals surface area contributed by atoms with E-state index >= 15 is 0 Å². The maximum atomic E-state index is 14.1. The van der Waals surface area contributed by atoms with E-state index in [-0.39, 0.29) is 12.3 Å². The Kier molecular flexibility index (Phi) is 6.50. The van der Waals surface area contributed by atoms with Crippen LogP contribution in [0.5, 0.6) is 0 Å². The Bertz CT molecular complexity index is 1400. The maximum Gasteiger partial charge on any atom is 0.338 e. The summed E-state index contributed by atoms with van der Waals surface area (Å²) in [6, 6.07) is 36.3. The molecule has 178 valence electrons. The molecule has 0 aliphatic carbocycles. The molecule has 4 nitrogen and oxygen atoms in total. The van der Waals surface area contributed by atoms with E-state index in [1.54, 1.807) is 12.1 Å². The second-order valence-corrected chi connectivity index (χ2v) is 9.13. The standard InChI is InChI=1S/C32H27NO3/c1-23-12-11-19-27(20-23)28-21-29(25-15-7-3-8-16-25)36-31(35)32(28,22-24-13-5-2-6-14-24)33-30(34)26-17-9-4-10-18-26/h2-21,28H,22H2,1H3,(H,33,34)/t28-,32+/m1/s1. The van der Waals surface area contributed by atoms with E-state index in [4.69, 9.17) is 4.74 Å². The number of esters is 1. The van der Waals surface area contributed by atoms with Crippen molar-refractivity contribution in [1.29, 1.82) is 0 Å². The zero-order chi connectivity index (χ0) is 25.0. The number of cyclic esters (lactones) is 1. The molecule has 1 aliphatic rings. The van der Waals surface area contributed by atoms with Crippen LogP contribution in [0.25, 0.3) is 5.76 Å². The molecule has 1 heterocycles. The number of amides is 1. The average Bonchev–Trinajstić information content (AvgIpc) is 2.91. The van der Waals surface area contributed by atoms with Crippen LogP contribution in [-0.2, 0) is 16.0 Å². The minimum absolute atomic E-state index is 0.280. The Labute approximate surface area is 211 Å². The highest BCUT2D eigenvalue weighted by Gasteiger charge is 2.51. The summed E-state index contributed by atoms with van der Waals surface area (Å²) < 4.78 is 5.99. The van der Waals surface area contributed by atoms with Gasteiger partial charge in [-0.15, -0.1) is 0 Å². The van der Waals surface area contributed by atoms with Gasteiger partial charge in [0.1, 0.15) is 5.76 Å². The van der Waals surface area contributed by atoms with Gasteiger partial charge in [0.05, 0.1) is 0 Å². The minimum atomic E-state index is -1.35. The Morgan fingerprint density at radius 3 is 2.14 bits per heavy atom. The van der Waals surface area contributed by atoms with E-state index < -0.39 is 17.4 Å². The van der Waals surface area contributed by atoms with Crippen molar-refractivity contribution in [1.82, 2.24) is 5.32 Å². The van der Waals surface area contributed by atoms with Gasteiger partial charge in [-0.05, 0) is 36.3 Å². The lowest BCUT2D eigenvalue weighted by atomic mass is 9.73. The predicted molar refractivity (Wildman–Crippen MR) is 141 cm³/mol. The lowest BCUT2D eigenvalue weighted by molar-refractivity contribution is -0.145. The summed E-state index contributed by atoms with van der Waals surface area (Å²) in [4.78, 5) is 27.6. The second kappa shape index (κ2) is 10.0. The first-order valence-electron chi connectivity index (χ1n) is 12.0. The van der Waals surface area contributed by atoms with Gasteiger partial charge >= 0.3 is 5.97 Å². The summed E-state index contributed by atoms with van der Waals surface area (Å²) in [5.74, 6) is -0.771. The molecule has 0 unspecified atom stereocenters. The van der Waals surface area contributed by atoms with Crippen LogP contribution < -0.4 is 5.32 Å². The van der Waals surface area contributed by atoms with Crippen LogP contribution in [0, 0.1) is 6.92 Å². The van der Waals surface area contributed by atoms with E-state index in [2.05, 4.69) is 11.4 Å². The molecule has 4 heteroatoms. The van der Waals surface area contributed by atoms with Crippen molar-refractivity contribution >= 4 is 17.6 Å². The summed E-state index contributed by atoms with van der Waals surface area (Å²) >= 11 is 0. The molecular weight excluding hydrogens is 446 g/mol. The van der Waals surface area contributed by atoms with Gasteiger partial charge in [0, 0.05) is 23.5 Å². The summed E-state index contributed by atoms with van der Waals surface area (Å²) in [5.41, 5.74) is 2.88. The number of hydrogen-bond donors (Lipinski definition) is 1. The van der Waals surface area contributed by atoms with Gasteiger partial charge in [-0.1, -0.05) is 109 Å². The van der Waals surface area contributed by atoms with E-state index in [9.17, 15) is 9.59 Å². The molecule has 0 spiro atoms. The quantitative estimate of drug-likeness (QED) is 0.345. The lowest BCUT2D eigenvalue weighted by Crippen LogP contribution is -2.61. The second-order valence-electron chi connectivity index (χ2n) is 9.13. The third-order valence-corrected chi connectivity index (χ3v) is 6.57. The van der Waals surface area contributed by atoms with Crippen molar-refractivity contribution in [3.63, 3.8) is 0 Å². The molecule has 0 saturated carbocycles. The van der Waals surface area contributed by atoms with Gasteiger partial charge in [0.2, 0.25) is 0 Å². The van der Waals surface area contributed by atoms with Crippen LogP contribution >= 0.6 is 0 Å². The molecule has 5 rings (SSSR count). The lowest BCUT2D eigenvalue weighted by Gasteiger charge is -2.41. The minimum Gasteiger partial charge on any atom is -0.424 e. The monoisotopic (exact) mass is 473 g/mol. The van der Waals surface area contributed by atoms with Crippen molar-refractivity contribution in [2.24, 2.45) is 0 Å². The molecule has 0 aromatic heterocycles. The van der Waals surface area contributed by atoms with Crippen LogP contribution in [-0.4, -0.2) is 17.4 Å². The Balaban J connectivity index is 1.69. The fourth-order valence-electron chi connectivity index (χ4n) is 4.78. The van der Waals surface area contributed by atoms with E-state index in [0.717, 1.165) is 22.3 Å². The Morgan fingerprint density at radius 2 is 1.47 bits per heavy atom. The van der Waals surface area contributed by atoms with Crippen LogP contribution in [0.15, 0.2) is 121 Å². The fraction of sp³-hybridized carbons (Fsp3) is 0.125. The summed E-state index contributed by atoms with van der Waals surface area (Å²) in [6.45, 7) is 2.02. The summed E-state index contributed by atoms with van der Waals surface area (Å²) in [6.07, 6.45) is 2.25. The first kappa shape index (κ1) is 23.3. The fourth-order valence-corrected chi connectivity index (χ4v) is 4.78. The van der Waals surface area contributed by atoms with Gasteiger partial charge in [0.15, 0.2) is 5.54 Å². The normalized spacial score (nSPS) is 19.2. The first-order chi connectivity index (χ1) is 17.5. The van der Waals surface area contributed by atoms with E-state index in [0.29, 0.717) is 11.3 Å². The molecule has 0 fully saturated rings. The molecule has 0 bridgehead atoms. The molecule has 36 heavy (non-hydrogen) atoms. The molecule has 4 aromatic carbocycles. The Morgan fingerprint density at radius 1 is 0.833 bits per heavy atom. The van der Waals surface area contributed by atoms with E-state index in [1.807, 2.05) is 110 Å². The maximum absolute atomic E-state index is 14.1. The summed E-state index contributed by atoms with van der Waals surface area (Å²) in [5, 5.41) is 3.13. The van der Waals surface area contributed by atoms with Gasteiger partial charge in [-0.25, -0.2) is 4.79 Å². The number of ether oxygens (including phenoxy) is 1. The molecular formula is C32H27NO3. The number of hydrogen-bond acceptors (Lipinski definition) is 3. The average molecular weight is 474 g/mol. The zero-order valence-electron chi connectivity index (χ0n) is 20.1. The van der Waals surface area contributed by atoms with Crippen molar-refractivity contribution in [2.45, 2.75) is 24.8 Å². The molecule has 0 saturated heterocycles. The molecule has 1 N–H and O–H groups in total. The van der Waals surface area contributed by atoms with Crippen LogP contribution in [0.3, 0.4) is 0 Å². The first-order valence-corrected chi connectivity index (χ1v) is 12.0. The van der Waals surface area contributed by atoms with Gasteiger partial charge < -0.3 is 10.1 Å². The molecule has 2 atom stereocenters. The number of nitrogens with one attached hydrogen (secondary N) is 1.